The van der Waals surface area contributed by atoms with Crippen molar-refractivity contribution in [3.05, 3.63) is 65.6 Å². The van der Waals surface area contributed by atoms with Crippen LogP contribution in [0.25, 0.3) is 11.0 Å². The van der Waals surface area contributed by atoms with Crippen molar-refractivity contribution in [2.24, 2.45) is 0 Å². The largest absolute Gasteiger partial charge is 0.416 e. The van der Waals surface area contributed by atoms with Crippen molar-refractivity contribution in [2.45, 2.75) is 13.1 Å². The van der Waals surface area contributed by atoms with Crippen LogP contribution in [0.3, 0.4) is 0 Å². The second-order valence-electron chi connectivity index (χ2n) is 11.2. The van der Waals surface area contributed by atoms with Crippen LogP contribution < -0.4 is 20.4 Å². The molecule has 1 amide bonds. The Morgan fingerprint density at radius 3 is 2.50 bits per heavy atom. The molecule has 0 atom stereocenters. The minimum atomic E-state index is -4.60. The van der Waals surface area contributed by atoms with Crippen LogP contribution in [0.5, 0.6) is 0 Å². The highest BCUT2D eigenvalue weighted by atomic mass is 19.4. The number of hydrogen-bond donors (Lipinski definition) is 3. The Bertz CT molecular complexity index is 1710. The average Bonchev–Trinajstić information content (AvgIpc) is 3.06. The summed E-state index contributed by atoms with van der Waals surface area (Å²) < 4.78 is 47.1. The quantitative estimate of drug-likeness (QED) is 0.261. The molecule has 2 aromatic carbocycles. The van der Waals surface area contributed by atoms with Crippen LogP contribution in [0.2, 0.25) is 0 Å². The number of amides is 1. The predicted octanol–water partition coefficient (Wildman–Crippen LogP) is 3.69. The van der Waals surface area contributed by atoms with Crippen LogP contribution in [0, 0.1) is 6.92 Å². The molecule has 4 heterocycles. The summed E-state index contributed by atoms with van der Waals surface area (Å²) >= 11 is 0. The van der Waals surface area contributed by atoms with E-state index in [1.54, 1.807) is 30.5 Å². The molecule has 242 valence electrons. The Morgan fingerprint density at radius 2 is 1.76 bits per heavy atom. The molecule has 2 fully saturated rings. The summed E-state index contributed by atoms with van der Waals surface area (Å²) in [5.74, 6) is 0.390. The van der Waals surface area contributed by atoms with E-state index in [-0.39, 0.29) is 17.9 Å². The van der Waals surface area contributed by atoms with Gasteiger partial charge in [-0.15, -0.1) is 0 Å². The Hall–Kier alpha value is -4.60. The van der Waals surface area contributed by atoms with Crippen LogP contribution in [-0.2, 0) is 10.9 Å². The number of β-amino-alcohol motifs (C(OH)–C–C–N with tert-alkyl or cyclic N) is 1. The number of halogens is 3. The lowest BCUT2D eigenvalue weighted by molar-refractivity contribution is -0.137. The molecule has 6 rings (SSSR count). The molecule has 46 heavy (non-hydrogen) atoms. The van der Waals surface area contributed by atoms with E-state index in [2.05, 4.69) is 30.5 Å². The molecule has 0 bridgehead atoms. The standard InChI is InChI=1S/C31H34F3N9O3/c1-20-2-3-21(14-25(20)39-28-27-26(36-19-37-28)18-35-30(40-27)43-9-12-46-13-10-43)29(45)38-23-15-22(31(32,33)34)16-24(17-23)42-6-4-41(5-7-42)8-11-44/h2-3,14-19,44H,4-13H2,1H3,(H,38,45)(H,36,37,39). The minimum Gasteiger partial charge on any atom is -0.395 e. The molecular weight excluding hydrogens is 603 g/mol. The number of anilines is 5. The Kier molecular flexibility index (Phi) is 9.15. The Balaban J connectivity index is 1.23. The van der Waals surface area contributed by atoms with Crippen LogP contribution in [0.15, 0.2) is 48.9 Å². The molecule has 3 N–H and O–H groups in total. The molecule has 4 aromatic rings. The fourth-order valence-electron chi connectivity index (χ4n) is 5.48. The highest BCUT2D eigenvalue weighted by molar-refractivity contribution is 6.05. The van der Waals surface area contributed by atoms with Crippen molar-refractivity contribution < 1.29 is 27.8 Å². The van der Waals surface area contributed by atoms with Gasteiger partial charge in [0.25, 0.3) is 5.91 Å². The summed E-state index contributed by atoms with van der Waals surface area (Å²) in [5.41, 5.74) is 2.23. The molecule has 2 saturated heterocycles. The third-order valence-corrected chi connectivity index (χ3v) is 8.07. The lowest BCUT2D eigenvalue weighted by Gasteiger charge is -2.36. The number of ether oxygens (including phenoxy) is 1. The number of nitrogens with one attached hydrogen (secondary N) is 2. The topological polar surface area (TPSA) is 132 Å². The van der Waals surface area contributed by atoms with Crippen molar-refractivity contribution in [1.82, 2.24) is 24.8 Å². The molecule has 15 heteroatoms. The monoisotopic (exact) mass is 637 g/mol. The second-order valence-corrected chi connectivity index (χ2v) is 11.2. The third kappa shape index (κ3) is 7.11. The fraction of sp³-hybridized carbons (Fsp3) is 0.387. The lowest BCUT2D eigenvalue weighted by Crippen LogP contribution is -2.47. The number of aromatic nitrogens is 4. The molecule has 0 spiro atoms. The summed E-state index contributed by atoms with van der Waals surface area (Å²) in [6.45, 7) is 7.10. The van der Waals surface area contributed by atoms with Gasteiger partial charge in [-0.1, -0.05) is 6.07 Å². The summed E-state index contributed by atoms with van der Waals surface area (Å²) in [6.07, 6.45) is -1.57. The lowest BCUT2D eigenvalue weighted by atomic mass is 10.1. The van der Waals surface area contributed by atoms with E-state index in [1.807, 2.05) is 16.7 Å². The van der Waals surface area contributed by atoms with Gasteiger partial charge in [0, 0.05) is 68.4 Å². The van der Waals surface area contributed by atoms with Gasteiger partial charge in [0.2, 0.25) is 5.95 Å². The number of benzene rings is 2. The van der Waals surface area contributed by atoms with Gasteiger partial charge in [-0.3, -0.25) is 9.69 Å². The summed E-state index contributed by atoms with van der Waals surface area (Å²) in [5, 5.41) is 15.1. The first-order chi connectivity index (χ1) is 22.2. The van der Waals surface area contributed by atoms with Gasteiger partial charge < -0.3 is 30.3 Å². The maximum absolute atomic E-state index is 13.9. The molecule has 2 aliphatic heterocycles. The molecule has 0 aliphatic carbocycles. The number of aliphatic hydroxyl groups is 1. The SMILES string of the molecule is Cc1ccc(C(=O)Nc2cc(N3CCN(CCO)CC3)cc(C(F)(F)F)c2)cc1Nc1ncnc2cnc(N3CCOCC3)nc12. The van der Waals surface area contributed by atoms with Gasteiger partial charge in [0.05, 0.1) is 31.6 Å². The van der Waals surface area contributed by atoms with Crippen LogP contribution in [0.1, 0.15) is 21.5 Å². The fourth-order valence-corrected chi connectivity index (χ4v) is 5.48. The van der Waals surface area contributed by atoms with Crippen LogP contribution >= 0.6 is 0 Å². The molecule has 2 aliphatic rings. The van der Waals surface area contributed by atoms with Gasteiger partial charge in [0.1, 0.15) is 17.4 Å². The van der Waals surface area contributed by atoms with Crippen molar-refractivity contribution in [2.75, 3.05) is 86.1 Å². The number of piperazine rings is 1. The summed E-state index contributed by atoms with van der Waals surface area (Å²) in [4.78, 5) is 37.2. The van der Waals surface area contributed by atoms with Crippen molar-refractivity contribution in [3.8, 4) is 0 Å². The van der Waals surface area contributed by atoms with Gasteiger partial charge in [-0.2, -0.15) is 13.2 Å². The number of fused-ring (bicyclic) bond motifs is 1. The van der Waals surface area contributed by atoms with E-state index < -0.39 is 17.6 Å². The smallest absolute Gasteiger partial charge is 0.395 e. The van der Waals surface area contributed by atoms with E-state index in [0.29, 0.717) is 93.2 Å². The number of alkyl halides is 3. The van der Waals surface area contributed by atoms with E-state index in [9.17, 15) is 23.1 Å². The number of aliphatic hydroxyl groups excluding tert-OH is 1. The van der Waals surface area contributed by atoms with Gasteiger partial charge in [-0.05, 0) is 42.8 Å². The zero-order chi connectivity index (χ0) is 32.3. The van der Waals surface area contributed by atoms with Crippen molar-refractivity contribution in [3.63, 3.8) is 0 Å². The number of aryl methyl sites for hydroxylation is 1. The molecule has 0 unspecified atom stereocenters. The Labute approximate surface area is 263 Å². The zero-order valence-electron chi connectivity index (χ0n) is 25.2. The third-order valence-electron chi connectivity index (χ3n) is 8.07. The normalized spacial score (nSPS) is 16.1. The second kappa shape index (κ2) is 13.4. The number of hydrogen-bond acceptors (Lipinski definition) is 11. The van der Waals surface area contributed by atoms with Gasteiger partial charge >= 0.3 is 6.18 Å². The van der Waals surface area contributed by atoms with E-state index in [4.69, 9.17) is 9.72 Å². The molecule has 2 aromatic heterocycles. The number of morpholine rings is 1. The highest BCUT2D eigenvalue weighted by Gasteiger charge is 2.32. The van der Waals surface area contributed by atoms with E-state index >= 15 is 0 Å². The number of rotatable bonds is 8. The molecule has 0 radical (unpaired) electrons. The number of nitrogens with zero attached hydrogens (tertiary/aromatic N) is 7. The van der Waals surface area contributed by atoms with E-state index in [0.717, 1.165) is 17.7 Å². The van der Waals surface area contributed by atoms with Crippen LogP contribution in [-0.4, -0.2) is 101 Å². The Morgan fingerprint density at radius 1 is 0.978 bits per heavy atom. The predicted molar refractivity (Wildman–Crippen MR) is 168 cm³/mol. The maximum atomic E-state index is 13.9. The van der Waals surface area contributed by atoms with Crippen molar-refractivity contribution in [1.29, 1.82) is 0 Å². The molecule has 12 nitrogen and oxygen atoms in total. The maximum Gasteiger partial charge on any atom is 0.416 e. The first-order valence-electron chi connectivity index (χ1n) is 15.0. The first kappa shape index (κ1) is 31.4. The van der Waals surface area contributed by atoms with Crippen molar-refractivity contribution >= 4 is 45.8 Å². The first-order valence-corrected chi connectivity index (χ1v) is 15.0. The zero-order valence-corrected chi connectivity index (χ0v) is 25.2. The molecular formula is C31H34F3N9O3. The summed E-state index contributed by atoms with van der Waals surface area (Å²) in [6, 6.07) is 8.58. The number of carbonyl (C=O) groups excluding carboxylic acids is 1. The summed E-state index contributed by atoms with van der Waals surface area (Å²) in [7, 11) is 0. The van der Waals surface area contributed by atoms with Gasteiger partial charge in [-0.25, -0.2) is 19.9 Å². The minimum absolute atomic E-state index is 0.0237. The number of carbonyl (C=O) groups is 1. The van der Waals surface area contributed by atoms with Gasteiger partial charge in [0.15, 0.2) is 5.82 Å². The highest BCUT2D eigenvalue weighted by Crippen LogP contribution is 2.35. The van der Waals surface area contributed by atoms with E-state index in [1.165, 1.54) is 6.33 Å². The average molecular weight is 638 g/mol. The molecule has 0 saturated carbocycles. The van der Waals surface area contributed by atoms with Crippen LogP contribution in [0.4, 0.5) is 42.0 Å².